The number of thioether (sulfide) groups is 1. The van der Waals surface area contributed by atoms with Gasteiger partial charge in [0.2, 0.25) is 0 Å². The fourth-order valence-corrected chi connectivity index (χ4v) is 4.97. The van der Waals surface area contributed by atoms with Crippen molar-refractivity contribution >= 4 is 27.8 Å². The second-order valence-corrected chi connectivity index (χ2v) is 10.4. The number of benzene rings is 1. The van der Waals surface area contributed by atoms with Crippen molar-refractivity contribution in [2.24, 2.45) is 20.0 Å². The maximum atomic E-state index is 8.79. The molecule has 186 valence electrons. The Morgan fingerprint density at radius 1 is 0.973 bits per heavy atom. The predicted molar refractivity (Wildman–Crippen MR) is 144 cm³/mol. The lowest BCUT2D eigenvalue weighted by atomic mass is 10.1. The number of rotatable bonds is 6. The molecule has 4 heterocycles. The molecule has 1 saturated carbocycles. The van der Waals surface area contributed by atoms with E-state index in [-0.39, 0.29) is 10.7 Å². The molecular formula is C27H26N8OS. The van der Waals surface area contributed by atoms with Crippen LogP contribution in [0, 0.1) is 16.7 Å². The van der Waals surface area contributed by atoms with Gasteiger partial charge >= 0.3 is 0 Å². The summed E-state index contributed by atoms with van der Waals surface area (Å²) >= 11 is 1.29. The van der Waals surface area contributed by atoms with Gasteiger partial charge in [0.1, 0.15) is 11.2 Å². The number of nitrogens with one attached hydrogen (secondary N) is 2. The molecule has 1 fully saturated rings. The first-order valence-electron chi connectivity index (χ1n) is 12.0. The minimum absolute atomic E-state index is 0.229. The monoisotopic (exact) mass is 510 g/mol. The van der Waals surface area contributed by atoms with Gasteiger partial charge in [-0.3, -0.25) is 29.7 Å². The Hall–Kier alpha value is -4.18. The summed E-state index contributed by atoms with van der Waals surface area (Å²) in [6, 6.07) is 9.52. The second kappa shape index (κ2) is 9.36. The lowest BCUT2D eigenvalue weighted by Gasteiger charge is -2.14. The van der Waals surface area contributed by atoms with Gasteiger partial charge in [0, 0.05) is 71.4 Å². The van der Waals surface area contributed by atoms with Gasteiger partial charge in [-0.05, 0) is 49.1 Å². The Morgan fingerprint density at radius 3 is 2.43 bits per heavy atom. The molecule has 10 heteroatoms. The standard InChI is InChI=1S/C27H26N8OS/c1-33-13-19(10-31-33)18-5-8-25(28)35(15-18)27(29)37-21-6-7-24-22(9-21)26(36-16-17-3-4-17)23(12-30-24)20-11-32-34(2)14-20/h5-15,17,28-29H,3-4,16H2,1-2H3. The fourth-order valence-electron chi connectivity index (χ4n) is 4.19. The quantitative estimate of drug-likeness (QED) is 0.196. The molecule has 0 unspecified atom stereocenters. The topological polar surface area (TPSA) is 110 Å². The molecule has 0 radical (unpaired) electrons. The first-order chi connectivity index (χ1) is 17.9. The summed E-state index contributed by atoms with van der Waals surface area (Å²) in [5, 5.41) is 26.9. The van der Waals surface area contributed by atoms with Crippen molar-refractivity contribution in [3.63, 3.8) is 0 Å². The maximum absolute atomic E-state index is 8.79. The van der Waals surface area contributed by atoms with E-state index in [4.69, 9.17) is 15.6 Å². The summed E-state index contributed by atoms with van der Waals surface area (Å²) in [6.45, 7) is 0.679. The Kier molecular flexibility index (Phi) is 5.88. The third-order valence-corrected chi connectivity index (χ3v) is 7.27. The van der Waals surface area contributed by atoms with Crippen LogP contribution >= 0.6 is 11.8 Å². The Morgan fingerprint density at radius 2 is 1.73 bits per heavy atom. The summed E-state index contributed by atoms with van der Waals surface area (Å²) in [5.41, 5.74) is 4.77. The first-order valence-corrected chi connectivity index (χ1v) is 12.8. The van der Waals surface area contributed by atoms with Crippen molar-refractivity contribution in [2.75, 3.05) is 6.61 Å². The van der Waals surface area contributed by atoms with Crippen molar-refractivity contribution in [3.8, 4) is 28.0 Å². The molecule has 37 heavy (non-hydrogen) atoms. The molecule has 0 spiro atoms. The third kappa shape index (κ3) is 4.79. The highest BCUT2D eigenvalue weighted by Crippen LogP contribution is 2.39. The minimum Gasteiger partial charge on any atom is -0.492 e. The number of hydrogen-bond donors (Lipinski definition) is 2. The van der Waals surface area contributed by atoms with Gasteiger partial charge in [-0.2, -0.15) is 10.2 Å². The van der Waals surface area contributed by atoms with Crippen LogP contribution in [0.5, 0.6) is 5.75 Å². The van der Waals surface area contributed by atoms with Gasteiger partial charge in [0.15, 0.2) is 5.17 Å². The van der Waals surface area contributed by atoms with E-state index in [2.05, 4.69) is 15.2 Å². The zero-order valence-corrected chi connectivity index (χ0v) is 21.4. The molecule has 0 saturated heterocycles. The fraction of sp³-hybridized carbons (Fsp3) is 0.222. The SMILES string of the molecule is Cn1cc(-c2ccc(=N)n(C(=N)Sc3ccc4ncc(-c5cnn(C)c5)c(OCC5CC5)c4c3)c2)cn1. The van der Waals surface area contributed by atoms with Crippen LogP contribution in [0.4, 0.5) is 0 Å². The Balaban J connectivity index is 1.35. The summed E-state index contributed by atoms with van der Waals surface area (Å²) in [5.74, 6) is 1.40. The molecule has 1 aromatic carbocycles. The molecule has 0 bridgehead atoms. The zero-order chi connectivity index (χ0) is 25.5. The number of aromatic nitrogens is 6. The number of fused-ring (bicyclic) bond motifs is 1. The van der Waals surface area contributed by atoms with Gasteiger partial charge < -0.3 is 4.74 Å². The average Bonchev–Trinajstić information content (AvgIpc) is 3.46. The third-order valence-electron chi connectivity index (χ3n) is 6.39. The van der Waals surface area contributed by atoms with Crippen LogP contribution in [0.1, 0.15) is 12.8 Å². The van der Waals surface area contributed by atoms with Crippen LogP contribution in [0.15, 0.2) is 72.4 Å². The molecule has 1 aliphatic carbocycles. The lowest BCUT2D eigenvalue weighted by molar-refractivity contribution is 0.304. The van der Waals surface area contributed by atoms with E-state index < -0.39 is 0 Å². The van der Waals surface area contributed by atoms with Crippen molar-refractivity contribution in [2.45, 2.75) is 17.7 Å². The van der Waals surface area contributed by atoms with E-state index >= 15 is 0 Å². The summed E-state index contributed by atoms with van der Waals surface area (Å²) in [4.78, 5) is 5.56. The summed E-state index contributed by atoms with van der Waals surface area (Å²) in [7, 11) is 3.76. The molecule has 2 N–H and O–H groups in total. The molecule has 0 aliphatic heterocycles. The number of pyridine rings is 2. The highest BCUT2D eigenvalue weighted by atomic mass is 32.2. The Bertz CT molecular complexity index is 1690. The molecule has 1 aliphatic rings. The van der Waals surface area contributed by atoms with E-state index in [0.717, 1.165) is 43.8 Å². The molecule has 0 atom stereocenters. The minimum atomic E-state index is 0.229. The molecule has 5 aromatic rings. The Labute approximate surface area is 217 Å². The van der Waals surface area contributed by atoms with Crippen molar-refractivity contribution < 1.29 is 4.74 Å². The van der Waals surface area contributed by atoms with Gasteiger partial charge in [0.25, 0.3) is 0 Å². The van der Waals surface area contributed by atoms with E-state index in [9.17, 15) is 0 Å². The van der Waals surface area contributed by atoms with Gasteiger partial charge in [0.05, 0.1) is 24.5 Å². The number of ether oxygens (including phenoxy) is 1. The number of nitrogens with zero attached hydrogens (tertiary/aromatic N) is 6. The van der Waals surface area contributed by atoms with Crippen LogP contribution in [-0.4, -0.2) is 40.9 Å². The van der Waals surface area contributed by atoms with E-state index in [1.54, 1.807) is 26.2 Å². The first kappa shape index (κ1) is 23.2. The molecule has 0 amide bonds. The van der Waals surface area contributed by atoms with Gasteiger partial charge in [-0.1, -0.05) is 11.8 Å². The van der Waals surface area contributed by atoms with Crippen LogP contribution in [0.3, 0.4) is 0 Å². The van der Waals surface area contributed by atoms with Crippen LogP contribution in [-0.2, 0) is 14.1 Å². The number of hydrogen-bond acceptors (Lipinski definition) is 7. The predicted octanol–water partition coefficient (Wildman–Crippen LogP) is 4.68. The largest absolute Gasteiger partial charge is 0.492 e. The van der Waals surface area contributed by atoms with Crippen molar-refractivity contribution in [1.29, 1.82) is 10.8 Å². The molecule has 9 nitrogen and oxygen atoms in total. The van der Waals surface area contributed by atoms with Gasteiger partial charge in [-0.25, -0.2) is 0 Å². The van der Waals surface area contributed by atoms with Crippen molar-refractivity contribution in [1.82, 2.24) is 29.1 Å². The summed E-state index contributed by atoms with van der Waals surface area (Å²) in [6.07, 6.45) is 13.5. The van der Waals surface area contributed by atoms with Crippen LogP contribution < -0.4 is 10.2 Å². The van der Waals surface area contributed by atoms with Crippen LogP contribution in [0.2, 0.25) is 0 Å². The van der Waals surface area contributed by atoms with Crippen LogP contribution in [0.25, 0.3) is 33.2 Å². The van der Waals surface area contributed by atoms with E-state index in [1.807, 2.05) is 69.3 Å². The van der Waals surface area contributed by atoms with Crippen molar-refractivity contribution in [3.05, 3.63) is 73.0 Å². The second-order valence-electron chi connectivity index (χ2n) is 9.32. The normalized spacial score (nSPS) is 13.2. The maximum Gasteiger partial charge on any atom is 0.171 e. The highest BCUT2D eigenvalue weighted by molar-refractivity contribution is 8.13. The molecular weight excluding hydrogens is 484 g/mol. The highest BCUT2D eigenvalue weighted by Gasteiger charge is 2.24. The van der Waals surface area contributed by atoms with E-state index in [1.165, 1.54) is 24.6 Å². The smallest absolute Gasteiger partial charge is 0.171 e. The summed E-state index contributed by atoms with van der Waals surface area (Å²) < 4.78 is 11.5. The zero-order valence-electron chi connectivity index (χ0n) is 20.5. The number of aryl methyl sites for hydroxylation is 2. The average molecular weight is 511 g/mol. The lowest BCUT2D eigenvalue weighted by Crippen LogP contribution is -2.23. The molecule has 4 aromatic heterocycles. The molecule has 6 rings (SSSR count). The van der Waals surface area contributed by atoms with E-state index in [0.29, 0.717) is 12.5 Å². The van der Waals surface area contributed by atoms with Gasteiger partial charge in [-0.15, -0.1) is 0 Å².